The number of halogens is 1. The lowest BCUT2D eigenvalue weighted by Gasteiger charge is -2.25. The van der Waals surface area contributed by atoms with Crippen LogP contribution < -0.4 is 5.32 Å². The third-order valence-corrected chi connectivity index (χ3v) is 3.92. The molecule has 18 heavy (non-hydrogen) atoms. The van der Waals surface area contributed by atoms with Crippen molar-refractivity contribution in [3.8, 4) is 0 Å². The summed E-state index contributed by atoms with van der Waals surface area (Å²) in [5, 5.41) is 4.84. The van der Waals surface area contributed by atoms with Gasteiger partial charge in [0.05, 0.1) is 5.52 Å². The molecule has 1 aromatic heterocycles. The standard InChI is InChI=1S/C14H16ClN3/c15-11-5-7-12(8-6-11)17-14-16-9-10-3-1-2-4-13(10)18-14/h1-4,9,11-12H,5-8H2,(H,16,17,18). The van der Waals surface area contributed by atoms with Gasteiger partial charge in [0.2, 0.25) is 5.95 Å². The topological polar surface area (TPSA) is 37.8 Å². The molecule has 1 N–H and O–H groups in total. The molecule has 3 rings (SSSR count). The average molecular weight is 262 g/mol. The van der Waals surface area contributed by atoms with Crippen LogP contribution in [0, 0.1) is 0 Å². The van der Waals surface area contributed by atoms with Gasteiger partial charge < -0.3 is 5.32 Å². The van der Waals surface area contributed by atoms with Gasteiger partial charge in [-0.05, 0) is 31.7 Å². The van der Waals surface area contributed by atoms with E-state index in [1.54, 1.807) is 0 Å². The van der Waals surface area contributed by atoms with E-state index in [1.807, 2.05) is 30.5 Å². The maximum Gasteiger partial charge on any atom is 0.223 e. The highest BCUT2D eigenvalue weighted by atomic mass is 35.5. The van der Waals surface area contributed by atoms with Gasteiger partial charge in [0.15, 0.2) is 0 Å². The average Bonchev–Trinajstić information content (AvgIpc) is 2.41. The van der Waals surface area contributed by atoms with Crippen LogP contribution in [0.3, 0.4) is 0 Å². The smallest absolute Gasteiger partial charge is 0.223 e. The highest BCUT2D eigenvalue weighted by molar-refractivity contribution is 6.20. The molecule has 0 spiro atoms. The zero-order valence-corrected chi connectivity index (χ0v) is 10.9. The van der Waals surface area contributed by atoms with Crippen LogP contribution in [0.5, 0.6) is 0 Å². The summed E-state index contributed by atoms with van der Waals surface area (Å²) in [6.45, 7) is 0. The van der Waals surface area contributed by atoms with Crippen molar-refractivity contribution in [3.05, 3.63) is 30.5 Å². The number of hydrogen-bond donors (Lipinski definition) is 1. The van der Waals surface area contributed by atoms with Crippen molar-refractivity contribution in [2.24, 2.45) is 0 Å². The third kappa shape index (κ3) is 2.56. The first kappa shape index (κ1) is 11.7. The number of aromatic nitrogens is 2. The van der Waals surface area contributed by atoms with Crippen LogP contribution >= 0.6 is 11.6 Å². The molecule has 0 aliphatic heterocycles. The monoisotopic (exact) mass is 261 g/mol. The zero-order valence-electron chi connectivity index (χ0n) is 10.1. The fourth-order valence-corrected chi connectivity index (χ4v) is 2.67. The van der Waals surface area contributed by atoms with Gasteiger partial charge in [-0.25, -0.2) is 9.97 Å². The van der Waals surface area contributed by atoms with Crippen LogP contribution in [0.2, 0.25) is 0 Å². The maximum absolute atomic E-state index is 6.10. The fourth-order valence-electron chi connectivity index (χ4n) is 2.42. The van der Waals surface area contributed by atoms with Crippen molar-refractivity contribution in [1.29, 1.82) is 0 Å². The van der Waals surface area contributed by atoms with Crippen LogP contribution in [0.4, 0.5) is 5.95 Å². The number of anilines is 1. The number of alkyl halides is 1. The van der Waals surface area contributed by atoms with Crippen molar-refractivity contribution < 1.29 is 0 Å². The minimum atomic E-state index is 0.348. The fraction of sp³-hybridized carbons (Fsp3) is 0.429. The maximum atomic E-state index is 6.10. The molecule has 3 nitrogen and oxygen atoms in total. The lowest BCUT2D eigenvalue weighted by atomic mass is 9.95. The number of para-hydroxylation sites is 1. The summed E-state index contributed by atoms with van der Waals surface area (Å²) in [7, 11) is 0. The normalized spacial score (nSPS) is 24.1. The molecule has 1 aliphatic carbocycles. The second kappa shape index (κ2) is 5.11. The first-order valence-electron chi connectivity index (χ1n) is 6.43. The Bertz CT molecular complexity index is 535. The van der Waals surface area contributed by atoms with Crippen LogP contribution in [0.1, 0.15) is 25.7 Å². The molecule has 2 aromatic rings. The Morgan fingerprint density at radius 2 is 1.89 bits per heavy atom. The Labute approximate surface area is 112 Å². The molecule has 0 radical (unpaired) electrons. The van der Waals surface area contributed by atoms with Crippen LogP contribution in [-0.2, 0) is 0 Å². The molecule has 1 aliphatic rings. The molecule has 0 amide bonds. The summed E-state index contributed by atoms with van der Waals surface area (Å²) >= 11 is 6.10. The van der Waals surface area contributed by atoms with Gasteiger partial charge in [-0.15, -0.1) is 11.6 Å². The largest absolute Gasteiger partial charge is 0.351 e. The number of nitrogens with one attached hydrogen (secondary N) is 1. The molecule has 0 unspecified atom stereocenters. The Balaban J connectivity index is 1.74. The van der Waals surface area contributed by atoms with Gasteiger partial charge in [-0.3, -0.25) is 0 Å². The van der Waals surface area contributed by atoms with Gasteiger partial charge in [0.25, 0.3) is 0 Å². The van der Waals surface area contributed by atoms with E-state index in [0.29, 0.717) is 11.4 Å². The summed E-state index contributed by atoms with van der Waals surface area (Å²) in [5.41, 5.74) is 0.987. The lowest BCUT2D eigenvalue weighted by molar-refractivity contribution is 0.466. The summed E-state index contributed by atoms with van der Waals surface area (Å²) in [6.07, 6.45) is 6.23. The Morgan fingerprint density at radius 3 is 2.72 bits per heavy atom. The van der Waals surface area contributed by atoms with E-state index in [4.69, 9.17) is 11.6 Å². The minimum absolute atomic E-state index is 0.348. The number of rotatable bonds is 2. The van der Waals surface area contributed by atoms with Crippen molar-refractivity contribution in [1.82, 2.24) is 9.97 Å². The van der Waals surface area contributed by atoms with Crippen molar-refractivity contribution >= 4 is 28.5 Å². The number of fused-ring (bicyclic) bond motifs is 1. The predicted molar refractivity (Wildman–Crippen MR) is 75.1 cm³/mol. The second-order valence-electron chi connectivity index (χ2n) is 4.85. The molecular formula is C14H16ClN3. The van der Waals surface area contributed by atoms with Crippen molar-refractivity contribution in [2.75, 3.05) is 5.32 Å². The van der Waals surface area contributed by atoms with Gasteiger partial charge in [0, 0.05) is 23.0 Å². The first-order valence-corrected chi connectivity index (χ1v) is 6.87. The highest BCUT2D eigenvalue weighted by Crippen LogP contribution is 2.24. The Morgan fingerprint density at radius 1 is 1.11 bits per heavy atom. The Hall–Kier alpha value is -1.35. The highest BCUT2D eigenvalue weighted by Gasteiger charge is 2.19. The van der Waals surface area contributed by atoms with E-state index in [2.05, 4.69) is 15.3 Å². The van der Waals surface area contributed by atoms with E-state index in [0.717, 1.165) is 42.5 Å². The molecule has 0 bridgehead atoms. The summed E-state index contributed by atoms with van der Waals surface area (Å²) in [4.78, 5) is 8.90. The molecule has 4 heteroatoms. The van der Waals surface area contributed by atoms with E-state index < -0.39 is 0 Å². The molecule has 1 fully saturated rings. The molecule has 1 heterocycles. The van der Waals surface area contributed by atoms with E-state index >= 15 is 0 Å². The number of hydrogen-bond acceptors (Lipinski definition) is 3. The van der Waals surface area contributed by atoms with E-state index in [-0.39, 0.29) is 0 Å². The quantitative estimate of drug-likeness (QED) is 0.840. The molecule has 1 aromatic carbocycles. The molecule has 94 valence electrons. The SMILES string of the molecule is ClC1CCC(Nc2ncc3ccccc3n2)CC1. The molecule has 0 atom stereocenters. The minimum Gasteiger partial charge on any atom is -0.351 e. The summed E-state index contributed by atoms with van der Waals surface area (Å²) < 4.78 is 0. The third-order valence-electron chi connectivity index (χ3n) is 3.48. The summed E-state index contributed by atoms with van der Waals surface area (Å²) in [6, 6.07) is 8.50. The van der Waals surface area contributed by atoms with Gasteiger partial charge in [-0.2, -0.15) is 0 Å². The van der Waals surface area contributed by atoms with Gasteiger partial charge >= 0.3 is 0 Å². The molecule has 0 saturated heterocycles. The van der Waals surface area contributed by atoms with Crippen LogP contribution in [-0.4, -0.2) is 21.4 Å². The molecular weight excluding hydrogens is 246 g/mol. The van der Waals surface area contributed by atoms with E-state index in [1.165, 1.54) is 0 Å². The Kier molecular flexibility index (Phi) is 3.33. The van der Waals surface area contributed by atoms with E-state index in [9.17, 15) is 0 Å². The zero-order chi connectivity index (χ0) is 12.4. The number of benzene rings is 1. The van der Waals surface area contributed by atoms with Crippen LogP contribution in [0.15, 0.2) is 30.5 Å². The summed E-state index contributed by atoms with van der Waals surface area (Å²) in [5.74, 6) is 0.728. The van der Waals surface area contributed by atoms with Gasteiger partial charge in [0.1, 0.15) is 0 Å². The predicted octanol–water partition coefficient (Wildman–Crippen LogP) is 3.59. The second-order valence-corrected chi connectivity index (χ2v) is 5.46. The lowest BCUT2D eigenvalue weighted by Crippen LogP contribution is -2.27. The van der Waals surface area contributed by atoms with Crippen molar-refractivity contribution in [3.63, 3.8) is 0 Å². The number of nitrogens with zero attached hydrogens (tertiary/aromatic N) is 2. The van der Waals surface area contributed by atoms with Crippen molar-refractivity contribution in [2.45, 2.75) is 37.1 Å². The molecule has 1 saturated carbocycles. The van der Waals surface area contributed by atoms with Crippen LogP contribution in [0.25, 0.3) is 10.9 Å². The van der Waals surface area contributed by atoms with Gasteiger partial charge in [-0.1, -0.05) is 18.2 Å². The first-order chi connectivity index (χ1) is 8.81.